The van der Waals surface area contributed by atoms with E-state index in [-0.39, 0.29) is 6.10 Å². The van der Waals surface area contributed by atoms with E-state index in [9.17, 15) is 5.11 Å². The molecule has 1 fully saturated rings. The lowest BCUT2D eigenvalue weighted by molar-refractivity contribution is 0.0581. The highest BCUT2D eigenvalue weighted by atomic mass is 32.1. The highest BCUT2D eigenvalue weighted by Crippen LogP contribution is 2.33. The summed E-state index contributed by atoms with van der Waals surface area (Å²) in [5.41, 5.74) is 0. The Kier molecular flexibility index (Phi) is 4.46. The van der Waals surface area contributed by atoms with E-state index < -0.39 is 0 Å². The number of hydrogen-bond donors (Lipinski definition) is 1. The van der Waals surface area contributed by atoms with Gasteiger partial charge in [-0.05, 0) is 55.4 Å². The number of aromatic nitrogens is 2. The number of thiophene rings is 1. The summed E-state index contributed by atoms with van der Waals surface area (Å²) in [5, 5.41) is 16.5. The van der Waals surface area contributed by atoms with Crippen LogP contribution in [0, 0.1) is 5.92 Å². The molecule has 1 saturated heterocycles. The monoisotopic (exact) mass is 345 g/mol. The maximum Gasteiger partial charge on any atom is 0.293 e. The minimum Gasteiger partial charge on any atom is -0.459 e. The number of piperidine rings is 1. The van der Waals surface area contributed by atoms with Crippen LogP contribution in [0.3, 0.4) is 0 Å². The molecule has 1 unspecified atom stereocenters. The van der Waals surface area contributed by atoms with E-state index in [1.807, 2.05) is 17.5 Å². The summed E-state index contributed by atoms with van der Waals surface area (Å²) >= 11 is 1.62. The highest BCUT2D eigenvalue weighted by molar-refractivity contribution is 7.10. The zero-order valence-corrected chi connectivity index (χ0v) is 14.0. The van der Waals surface area contributed by atoms with Crippen molar-refractivity contribution in [2.45, 2.75) is 25.5 Å². The average Bonchev–Trinajstić information content (AvgIpc) is 3.36. The molecule has 1 aliphatic heterocycles. The summed E-state index contributed by atoms with van der Waals surface area (Å²) < 4.78 is 10.5. The molecule has 0 amide bonds. The van der Waals surface area contributed by atoms with Gasteiger partial charge < -0.3 is 14.0 Å². The summed E-state index contributed by atoms with van der Waals surface area (Å²) in [6, 6.07) is 7.60. The van der Waals surface area contributed by atoms with Crippen LogP contribution in [0.15, 0.2) is 44.8 Å². The van der Waals surface area contributed by atoms with E-state index in [1.54, 1.807) is 29.7 Å². The van der Waals surface area contributed by atoms with Gasteiger partial charge in [0.25, 0.3) is 5.89 Å². The van der Waals surface area contributed by atoms with Gasteiger partial charge in [-0.25, -0.2) is 0 Å². The average molecular weight is 345 g/mol. The van der Waals surface area contributed by atoms with Crippen molar-refractivity contribution in [3.05, 3.63) is 46.6 Å². The van der Waals surface area contributed by atoms with Gasteiger partial charge in [-0.3, -0.25) is 4.90 Å². The first kappa shape index (κ1) is 15.6. The Labute approximate surface area is 143 Å². The minimum absolute atomic E-state index is 0.323. The second-order valence-electron chi connectivity index (χ2n) is 6.07. The maximum absolute atomic E-state index is 10.5. The molecule has 0 saturated carbocycles. The molecule has 0 aliphatic carbocycles. The largest absolute Gasteiger partial charge is 0.459 e. The molecule has 3 aromatic heterocycles. The first-order chi connectivity index (χ1) is 11.8. The second kappa shape index (κ2) is 6.88. The smallest absolute Gasteiger partial charge is 0.293 e. The number of aliphatic hydroxyl groups excluding tert-OH is 1. The molecule has 6 nitrogen and oxygen atoms in total. The molecular formula is C17H19N3O3S. The lowest BCUT2D eigenvalue weighted by Crippen LogP contribution is -2.35. The topological polar surface area (TPSA) is 75.5 Å². The van der Waals surface area contributed by atoms with Gasteiger partial charge in [-0.1, -0.05) is 11.2 Å². The third kappa shape index (κ3) is 3.28. The first-order valence-electron chi connectivity index (χ1n) is 8.10. The fourth-order valence-electron chi connectivity index (χ4n) is 3.14. The third-order valence-corrected chi connectivity index (χ3v) is 5.42. The van der Waals surface area contributed by atoms with Crippen molar-refractivity contribution < 1.29 is 14.0 Å². The van der Waals surface area contributed by atoms with Crippen LogP contribution in [-0.2, 0) is 6.54 Å². The molecule has 7 heteroatoms. The third-order valence-electron chi connectivity index (χ3n) is 4.48. The quantitative estimate of drug-likeness (QED) is 0.764. The van der Waals surface area contributed by atoms with Gasteiger partial charge in [-0.2, -0.15) is 4.98 Å². The number of likely N-dealkylation sites (tertiary alicyclic amines) is 1. The predicted molar refractivity (Wildman–Crippen MR) is 89.3 cm³/mol. The minimum atomic E-state index is -0.345. The maximum atomic E-state index is 10.5. The van der Waals surface area contributed by atoms with Gasteiger partial charge in [0.15, 0.2) is 11.6 Å². The van der Waals surface area contributed by atoms with Crippen LogP contribution in [0.5, 0.6) is 0 Å². The zero-order chi connectivity index (χ0) is 16.4. The van der Waals surface area contributed by atoms with Gasteiger partial charge >= 0.3 is 0 Å². The molecule has 4 rings (SSSR count). The number of nitrogens with zero attached hydrogens (tertiary/aromatic N) is 3. The Bertz CT molecular complexity index is 746. The number of rotatable bonds is 5. The predicted octanol–water partition coefficient (Wildman–Crippen LogP) is 3.34. The Morgan fingerprint density at radius 2 is 2.17 bits per heavy atom. The van der Waals surface area contributed by atoms with Crippen molar-refractivity contribution in [2.75, 3.05) is 13.1 Å². The first-order valence-corrected chi connectivity index (χ1v) is 8.98. The van der Waals surface area contributed by atoms with Gasteiger partial charge in [-0.15, -0.1) is 11.3 Å². The standard InChI is InChI=1S/C17H19N3O3S/c21-16(14-4-2-10-24-14)12-5-7-20(8-6-12)11-15-18-17(23-19-15)13-3-1-9-22-13/h1-4,9-10,12,16,21H,5-8,11H2. The van der Waals surface area contributed by atoms with E-state index in [4.69, 9.17) is 8.94 Å². The van der Waals surface area contributed by atoms with Crippen molar-refractivity contribution in [3.63, 3.8) is 0 Å². The number of aliphatic hydroxyl groups is 1. The van der Waals surface area contributed by atoms with E-state index in [2.05, 4.69) is 15.0 Å². The van der Waals surface area contributed by atoms with Crippen LogP contribution >= 0.6 is 11.3 Å². The van der Waals surface area contributed by atoms with Gasteiger partial charge in [0.05, 0.1) is 18.9 Å². The van der Waals surface area contributed by atoms with Gasteiger partial charge in [0.2, 0.25) is 0 Å². The molecule has 3 aromatic rings. The zero-order valence-electron chi connectivity index (χ0n) is 13.2. The second-order valence-corrected chi connectivity index (χ2v) is 7.05. The summed E-state index contributed by atoms with van der Waals surface area (Å²) in [5.74, 6) is 1.99. The number of furan rings is 1. The van der Waals surface area contributed by atoms with Crippen LogP contribution in [0.4, 0.5) is 0 Å². The molecule has 0 aromatic carbocycles. The Balaban J connectivity index is 1.32. The Morgan fingerprint density at radius 1 is 1.29 bits per heavy atom. The summed E-state index contributed by atoms with van der Waals surface area (Å²) in [6.45, 7) is 2.52. The molecule has 126 valence electrons. The van der Waals surface area contributed by atoms with Crippen LogP contribution < -0.4 is 0 Å². The van der Waals surface area contributed by atoms with Crippen LogP contribution in [0.1, 0.15) is 29.6 Å². The summed E-state index contributed by atoms with van der Waals surface area (Å²) in [7, 11) is 0. The highest BCUT2D eigenvalue weighted by Gasteiger charge is 2.27. The molecule has 1 atom stereocenters. The molecule has 0 spiro atoms. The SMILES string of the molecule is OC(c1cccs1)C1CCN(Cc2noc(-c3ccco3)n2)CC1. The normalized spacial score (nSPS) is 18.0. The summed E-state index contributed by atoms with van der Waals surface area (Å²) in [4.78, 5) is 7.75. The van der Waals surface area contributed by atoms with Crippen LogP contribution in [-0.4, -0.2) is 33.2 Å². The molecule has 0 radical (unpaired) electrons. The van der Waals surface area contributed by atoms with Crippen molar-refractivity contribution in [3.8, 4) is 11.7 Å². The van der Waals surface area contributed by atoms with Crippen LogP contribution in [0.25, 0.3) is 11.7 Å². The van der Waals surface area contributed by atoms with Crippen LogP contribution in [0.2, 0.25) is 0 Å². The van der Waals surface area contributed by atoms with Crippen molar-refractivity contribution >= 4 is 11.3 Å². The Hall–Kier alpha value is -1.96. The number of hydrogen-bond acceptors (Lipinski definition) is 7. The molecule has 1 aliphatic rings. The van der Waals surface area contributed by atoms with Crippen molar-refractivity contribution in [2.24, 2.45) is 5.92 Å². The van der Waals surface area contributed by atoms with Gasteiger partial charge in [0.1, 0.15) is 0 Å². The fourth-order valence-corrected chi connectivity index (χ4v) is 3.94. The lowest BCUT2D eigenvalue weighted by atomic mass is 9.90. The van der Waals surface area contributed by atoms with E-state index in [0.29, 0.717) is 29.9 Å². The fraction of sp³-hybridized carbons (Fsp3) is 0.412. The molecular weight excluding hydrogens is 326 g/mol. The van der Waals surface area contributed by atoms with Crippen molar-refractivity contribution in [1.82, 2.24) is 15.0 Å². The van der Waals surface area contributed by atoms with E-state index >= 15 is 0 Å². The summed E-state index contributed by atoms with van der Waals surface area (Å²) in [6.07, 6.45) is 3.19. The van der Waals surface area contributed by atoms with E-state index in [1.165, 1.54) is 0 Å². The molecule has 4 heterocycles. The molecule has 0 bridgehead atoms. The Morgan fingerprint density at radius 3 is 2.88 bits per heavy atom. The van der Waals surface area contributed by atoms with Crippen molar-refractivity contribution in [1.29, 1.82) is 0 Å². The molecule has 1 N–H and O–H groups in total. The van der Waals surface area contributed by atoms with E-state index in [0.717, 1.165) is 30.8 Å². The van der Waals surface area contributed by atoms with Gasteiger partial charge in [0, 0.05) is 4.88 Å². The lowest BCUT2D eigenvalue weighted by Gasteiger charge is -2.33. The molecule has 24 heavy (non-hydrogen) atoms.